The largest absolute Gasteiger partial charge is 0.486 e. The Morgan fingerprint density at radius 2 is 1.83 bits per heavy atom. The van der Waals surface area contributed by atoms with Crippen molar-refractivity contribution in [1.29, 1.82) is 0 Å². The molecule has 18 heavy (non-hydrogen) atoms. The second-order valence-electron chi connectivity index (χ2n) is 5.18. The molecule has 4 heteroatoms. The van der Waals surface area contributed by atoms with Crippen LogP contribution in [0.3, 0.4) is 0 Å². The van der Waals surface area contributed by atoms with Crippen LogP contribution in [0.1, 0.15) is 13.8 Å². The zero-order valence-electron chi connectivity index (χ0n) is 11.0. The van der Waals surface area contributed by atoms with Crippen molar-refractivity contribution >= 4 is 5.69 Å². The predicted molar refractivity (Wildman–Crippen MR) is 71.7 cm³/mol. The molecule has 0 amide bonds. The normalized spacial score (nSPS) is 27.1. The second kappa shape index (κ2) is 4.69. The Balaban J connectivity index is 1.91. The van der Waals surface area contributed by atoms with E-state index in [1.54, 1.807) is 0 Å². The van der Waals surface area contributed by atoms with E-state index in [0.717, 1.165) is 30.3 Å². The van der Waals surface area contributed by atoms with E-state index in [-0.39, 0.29) is 0 Å². The number of hydrogen-bond acceptors (Lipinski definition) is 4. The van der Waals surface area contributed by atoms with Gasteiger partial charge < -0.3 is 19.7 Å². The van der Waals surface area contributed by atoms with Crippen molar-refractivity contribution in [1.82, 2.24) is 5.32 Å². The molecule has 0 aromatic heterocycles. The summed E-state index contributed by atoms with van der Waals surface area (Å²) in [5.41, 5.74) is 1.16. The fraction of sp³-hybridized carbons (Fsp3) is 0.571. The Hall–Kier alpha value is -1.42. The van der Waals surface area contributed by atoms with Gasteiger partial charge in [-0.3, -0.25) is 0 Å². The van der Waals surface area contributed by atoms with Crippen molar-refractivity contribution in [2.45, 2.75) is 25.9 Å². The Morgan fingerprint density at radius 1 is 1.11 bits per heavy atom. The molecule has 2 aliphatic rings. The molecule has 2 aliphatic heterocycles. The highest BCUT2D eigenvalue weighted by Crippen LogP contribution is 2.39. The number of piperazine rings is 1. The topological polar surface area (TPSA) is 33.7 Å². The molecule has 1 fully saturated rings. The minimum absolute atomic E-state index is 0.495. The second-order valence-corrected chi connectivity index (χ2v) is 5.18. The molecule has 0 bridgehead atoms. The summed E-state index contributed by atoms with van der Waals surface area (Å²) >= 11 is 0. The number of para-hydroxylation sites is 1. The summed E-state index contributed by atoms with van der Waals surface area (Å²) in [5.74, 6) is 1.78. The van der Waals surface area contributed by atoms with Gasteiger partial charge >= 0.3 is 0 Å². The summed E-state index contributed by atoms with van der Waals surface area (Å²) < 4.78 is 11.4. The minimum Gasteiger partial charge on any atom is -0.486 e. The van der Waals surface area contributed by atoms with E-state index in [4.69, 9.17) is 9.47 Å². The van der Waals surface area contributed by atoms with Gasteiger partial charge in [0.25, 0.3) is 0 Å². The molecule has 2 heterocycles. The molecule has 3 rings (SSSR count). The highest BCUT2D eigenvalue weighted by Gasteiger charge is 2.25. The predicted octanol–water partition coefficient (Wildman–Crippen LogP) is 1.64. The molecule has 0 saturated carbocycles. The molecule has 0 radical (unpaired) electrons. The van der Waals surface area contributed by atoms with Crippen LogP contribution >= 0.6 is 0 Å². The standard InChI is InChI=1S/C14H20N2O2/c1-10-8-16(9-11(2)15-10)12-4-3-5-13-14(12)18-7-6-17-13/h3-5,10-11,15H,6-9H2,1-2H3/t10-,11+. The Labute approximate surface area is 108 Å². The van der Waals surface area contributed by atoms with Crippen molar-refractivity contribution in [2.24, 2.45) is 0 Å². The van der Waals surface area contributed by atoms with Crippen LogP contribution < -0.4 is 19.7 Å². The maximum absolute atomic E-state index is 5.79. The van der Waals surface area contributed by atoms with Crippen molar-refractivity contribution in [2.75, 3.05) is 31.2 Å². The molecule has 4 nitrogen and oxygen atoms in total. The molecular formula is C14H20N2O2. The van der Waals surface area contributed by atoms with Gasteiger partial charge in [0.2, 0.25) is 0 Å². The number of benzene rings is 1. The van der Waals surface area contributed by atoms with Crippen LogP contribution in [0.5, 0.6) is 11.5 Å². The van der Waals surface area contributed by atoms with Crippen LogP contribution in [0.15, 0.2) is 18.2 Å². The lowest BCUT2D eigenvalue weighted by atomic mass is 10.1. The molecule has 2 atom stereocenters. The average Bonchev–Trinajstić information content (AvgIpc) is 2.37. The highest BCUT2D eigenvalue weighted by atomic mass is 16.6. The fourth-order valence-corrected chi connectivity index (χ4v) is 2.83. The van der Waals surface area contributed by atoms with Gasteiger partial charge in [-0.15, -0.1) is 0 Å². The zero-order valence-corrected chi connectivity index (χ0v) is 11.0. The molecule has 0 spiro atoms. The summed E-state index contributed by atoms with van der Waals surface area (Å²) in [5, 5.41) is 3.55. The van der Waals surface area contributed by atoms with E-state index in [2.05, 4.69) is 30.1 Å². The molecule has 1 aromatic rings. The third kappa shape index (κ3) is 2.12. The lowest BCUT2D eigenvalue weighted by Gasteiger charge is -2.38. The number of nitrogens with one attached hydrogen (secondary N) is 1. The van der Waals surface area contributed by atoms with Crippen molar-refractivity contribution in [3.05, 3.63) is 18.2 Å². The van der Waals surface area contributed by atoms with Gasteiger partial charge in [0.05, 0.1) is 5.69 Å². The smallest absolute Gasteiger partial charge is 0.184 e. The van der Waals surface area contributed by atoms with E-state index < -0.39 is 0 Å². The van der Waals surface area contributed by atoms with Crippen LogP contribution in [0.25, 0.3) is 0 Å². The summed E-state index contributed by atoms with van der Waals surface area (Å²) in [6.07, 6.45) is 0. The van der Waals surface area contributed by atoms with E-state index in [1.807, 2.05) is 12.1 Å². The maximum atomic E-state index is 5.79. The van der Waals surface area contributed by atoms with E-state index in [9.17, 15) is 0 Å². The Kier molecular flexibility index (Phi) is 3.04. The van der Waals surface area contributed by atoms with Crippen LogP contribution in [-0.2, 0) is 0 Å². The highest BCUT2D eigenvalue weighted by molar-refractivity contribution is 5.65. The molecular weight excluding hydrogens is 228 g/mol. The van der Waals surface area contributed by atoms with Gasteiger partial charge in [-0.05, 0) is 26.0 Å². The minimum atomic E-state index is 0.495. The number of fused-ring (bicyclic) bond motifs is 1. The van der Waals surface area contributed by atoms with Crippen LogP contribution in [0, 0.1) is 0 Å². The van der Waals surface area contributed by atoms with E-state index in [0.29, 0.717) is 25.3 Å². The van der Waals surface area contributed by atoms with Gasteiger partial charge in [0.15, 0.2) is 11.5 Å². The lowest BCUT2D eigenvalue weighted by molar-refractivity contribution is 0.171. The van der Waals surface area contributed by atoms with E-state index >= 15 is 0 Å². The molecule has 98 valence electrons. The van der Waals surface area contributed by atoms with Crippen LogP contribution in [0.2, 0.25) is 0 Å². The number of hydrogen-bond donors (Lipinski definition) is 1. The van der Waals surface area contributed by atoms with Gasteiger partial charge in [-0.25, -0.2) is 0 Å². The third-order valence-electron chi connectivity index (χ3n) is 3.44. The maximum Gasteiger partial charge on any atom is 0.184 e. The molecule has 0 aliphatic carbocycles. The Bertz CT molecular complexity index is 426. The summed E-state index contributed by atoms with van der Waals surface area (Å²) in [6.45, 7) is 7.73. The van der Waals surface area contributed by atoms with Gasteiger partial charge in [0.1, 0.15) is 13.2 Å². The number of anilines is 1. The lowest BCUT2D eigenvalue weighted by Crippen LogP contribution is -2.54. The summed E-state index contributed by atoms with van der Waals surface area (Å²) in [4.78, 5) is 2.39. The van der Waals surface area contributed by atoms with E-state index in [1.165, 1.54) is 0 Å². The first-order valence-corrected chi connectivity index (χ1v) is 6.63. The van der Waals surface area contributed by atoms with Crippen molar-refractivity contribution in [3.8, 4) is 11.5 Å². The van der Waals surface area contributed by atoms with Gasteiger partial charge in [0, 0.05) is 25.2 Å². The zero-order chi connectivity index (χ0) is 12.5. The first-order chi connectivity index (χ1) is 8.74. The number of rotatable bonds is 1. The molecule has 0 unspecified atom stereocenters. The summed E-state index contributed by atoms with van der Waals surface area (Å²) in [7, 11) is 0. The SMILES string of the molecule is C[C@@H]1CN(c2cccc3c2OCCO3)C[C@H](C)N1. The molecule has 1 saturated heterocycles. The average molecular weight is 248 g/mol. The first kappa shape index (κ1) is 11.7. The first-order valence-electron chi connectivity index (χ1n) is 6.63. The Morgan fingerprint density at radius 3 is 2.61 bits per heavy atom. The summed E-state index contributed by atoms with van der Waals surface area (Å²) in [6, 6.07) is 7.13. The van der Waals surface area contributed by atoms with Crippen molar-refractivity contribution < 1.29 is 9.47 Å². The third-order valence-corrected chi connectivity index (χ3v) is 3.44. The van der Waals surface area contributed by atoms with Gasteiger partial charge in [-0.1, -0.05) is 6.07 Å². The number of nitrogens with zero attached hydrogens (tertiary/aromatic N) is 1. The van der Waals surface area contributed by atoms with Crippen LogP contribution in [0.4, 0.5) is 5.69 Å². The number of ether oxygens (including phenoxy) is 2. The molecule has 1 N–H and O–H groups in total. The quantitative estimate of drug-likeness (QED) is 0.819. The van der Waals surface area contributed by atoms with Crippen LogP contribution in [-0.4, -0.2) is 38.4 Å². The van der Waals surface area contributed by atoms with Gasteiger partial charge in [-0.2, -0.15) is 0 Å². The molecule has 1 aromatic carbocycles. The fourth-order valence-electron chi connectivity index (χ4n) is 2.83. The monoisotopic (exact) mass is 248 g/mol. The van der Waals surface area contributed by atoms with Crippen molar-refractivity contribution in [3.63, 3.8) is 0 Å².